The third-order valence-electron chi connectivity index (χ3n) is 10.5. The number of benzene rings is 9. The molecular weight excluding hydrogens is 605 g/mol. The summed E-state index contributed by atoms with van der Waals surface area (Å²) in [6.45, 7) is 6.32. The first-order chi connectivity index (χ1) is 24.6. The highest BCUT2D eigenvalue weighted by Crippen LogP contribution is 2.43. The number of rotatable bonds is 7. The van der Waals surface area contributed by atoms with Crippen molar-refractivity contribution in [2.24, 2.45) is 0 Å². The Balaban J connectivity index is 1.19. The van der Waals surface area contributed by atoms with Gasteiger partial charge in [-0.3, -0.25) is 0 Å². The van der Waals surface area contributed by atoms with E-state index in [0.717, 1.165) is 17.1 Å². The van der Waals surface area contributed by atoms with Crippen LogP contribution in [0.1, 0.15) is 11.1 Å². The van der Waals surface area contributed by atoms with Crippen molar-refractivity contribution in [1.82, 2.24) is 0 Å². The lowest BCUT2D eigenvalue weighted by atomic mass is 9.89. The zero-order valence-electron chi connectivity index (χ0n) is 28.3. The Labute approximate surface area is 292 Å². The monoisotopic (exact) mass is 641 g/mol. The minimum Gasteiger partial charge on any atom is -0.344 e. The number of aryl methyl sites for hydroxylation is 1. The molecule has 9 aromatic rings. The summed E-state index contributed by atoms with van der Waals surface area (Å²) in [5.74, 6) is 0. The van der Waals surface area contributed by atoms with Crippen LogP contribution in [0, 0.1) is 6.92 Å². The molecule has 1 unspecified atom stereocenters. The fraction of sp³-hybridized carbons (Fsp3) is 0.0417. The second-order valence-electron chi connectivity index (χ2n) is 13.2. The Bertz CT molecular complexity index is 2700. The highest BCUT2D eigenvalue weighted by atomic mass is 15.2. The third kappa shape index (κ3) is 4.69. The zero-order valence-corrected chi connectivity index (χ0v) is 28.3. The maximum absolute atomic E-state index is 4.13. The maximum atomic E-state index is 4.13. The molecule has 0 saturated heterocycles. The molecule has 0 saturated carbocycles. The molecule has 0 aliphatic rings. The Morgan fingerprint density at radius 1 is 0.540 bits per heavy atom. The van der Waals surface area contributed by atoms with Gasteiger partial charge in [0.1, 0.15) is 17.1 Å². The smallest absolute Gasteiger partial charge is 0.149 e. The van der Waals surface area contributed by atoms with E-state index in [9.17, 15) is 0 Å². The quantitative estimate of drug-likeness (QED) is 0.103. The Kier molecular flexibility index (Phi) is 7.19. The van der Waals surface area contributed by atoms with Gasteiger partial charge in [0.25, 0.3) is 0 Å². The first kappa shape index (κ1) is 29.9. The summed E-state index contributed by atoms with van der Waals surface area (Å²) < 4.78 is 0. The SMILES string of the molecule is C=C/C=C(\c1ccccc1C)[NH+](c1ccc(N(C)c2ccc3c4cccc5cccc(c6cccc2c63)c54)cc1)c1cccc2ccccc12. The molecule has 0 aliphatic heterocycles. The van der Waals surface area contributed by atoms with Crippen molar-refractivity contribution in [3.8, 4) is 0 Å². The molecule has 0 aliphatic carbocycles. The van der Waals surface area contributed by atoms with E-state index in [0.29, 0.717) is 0 Å². The van der Waals surface area contributed by atoms with Gasteiger partial charge in [-0.05, 0) is 92.0 Å². The Hall–Kier alpha value is -6.22. The van der Waals surface area contributed by atoms with Gasteiger partial charge < -0.3 is 4.90 Å². The highest BCUT2D eigenvalue weighted by molar-refractivity contribution is 6.34. The molecule has 0 amide bonds. The van der Waals surface area contributed by atoms with Crippen molar-refractivity contribution in [3.63, 3.8) is 0 Å². The highest BCUT2D eigenvalue weighted by Gasteiger charge is 2.26. The van der Waals surface area contributed by atoms with Gasteiger partial charge in [-0.15, -0.1) is 0 Å². The standard InChI is InChI=1S/C48H36N2/c1-4-13-45(37-19-7-5-14-32(37)2)50(46-25-11-16-33-15-6-8-20-38(33)46)36-28-26-35(27-29-36)49(3)44-31-30-42-40-22-10-18-34-17-9-21-39(47(34)40)41-23-12-24-43(44)48(41)42/h4-31H,1H2,2-3H3/p+1/b45-13+. The van der Waals surface area contributed by atoms with Gasteiger partial charge in [-0.2, -0.15) is 0 Å². The van der Waals surface area contributed by atoms with Gasteiger partial charge in [0.05, 0.1) is 0 Å². The molecule has 1 atom stereocenters. The van der Waals surface area contributed by atoms with E-state index in [2.05, 4.69) is 189 Å². The first-order valence-corrected chi connectivity index (χ1v) is 17.3. The summed E-state index contributed by atoms with van der Waals surface area (Å²) in [4.78, 5) is 3.52. The van der Waals surface area contributed by atoms with Gasteiger partial charge in [-0.1, -0.05) is 122 Å². The normalized spacial score (nSPS) is 12.7. The summed E-state index contributed by atoms with van der Waals surface area (Å²) in [5.41, 5.74) is 8.30. The number of quaternary nitrogens is 1. The maximum Gasteiger partial charge on any atom is 0.149 e. The van der Waals surface area contributed by atoms with Crippen molar-refractivity contribution >= 4 is 82.3 Å². The van der Waals surface area contributed by atoms with Crippen molar-refractivity contribution in [2.75, 3.05) is 11.9 Å². The van der Waals surface area contributed by atoms with Crippen LogP contribution in [0.4, 0.5) is 22.7 Å². The molecule has 9 aromatic carbocycles. The van der Waals surface area contributed by atoms with Crippen molar-refractivity contribution in [3.05, 3.63) is 188 Å². The Morgan fingerprint density at radius 2 is 1.12 bits per heavy atom. The third-order valence-corrected chi connectivity index (χ3v) is 10.5. The molecule has 50 heavy (non-hydrogen) atoms. The van der Waals surface area contributed by atoms with Crippen LogP contribution in [0.2, 0.25) is 0 Å². The Morgan fingerprint density at radius 3 is 1.88 bits per heavy atom. The second-order valence-corrected chi connectivity index (χ2v) is 13.2. The number of allylic oxidation sites excluding steroid dienone is 2. The number of anilines is 2. The lowest BCUT2D eigenvalue weighted by Crippen LogP contribution is -2.99. The molecule has 1 N–H and O–H groups in total. The summed E-state index contributed by atoms with van der Waals surface area (Å²) >= 11 is 0. The van der Waals surface area contributed by atoms with Gasteiger partial charge in [0, 0.05) is 53.0 Å². The lowest BCUT2D eigenvalue weighted by molar-refractivity contribution is -0.671. The number of nitrogens with one attached hydrogen (secondary N) is 1. The van der Waals surface area contributed by atoms with Crippen molar-refractivity contribution in [2.45, 2.75) is 6.92 Å². The number of fused-ring (bicyclic) bond motifs is 3. The number of nitrogens with zero attached hydrogens (tertiary/aromatic N) is 1. The van der Waals surface area contributed by atoms with Crippen LogP contribution >= 0.6 is 0 Å². The van der Waals surface area contributed by atoms with Crippen LogP contribution in [0.15, 0.2) is 176 Å². The largest absolute Gasteiger partial charge is 0.344 e. The number of hydrogen-bond donors (Lipinski definition) is 1. The van der Waals surface area contributed by atoms with Crippen LogP contribution in [-0.2, 0) is 0 Å². The van der Waals surface area contributed by atoms with Crippen LogP contribution < -0.4 is 9.80 Å². The van der Waals surface area contributed by atoms with Crippen molar-refractivity contribution in [1.29, 1.82) is 0 Å². The summed E-state index contributed by atoms with van der Waals surface area (Å²) in [5, 5.41) is 12.9. The first-order valence-electron chi connectivity index (χ1n) is 17.3. The average Bonchev–Trinajstić information content (AvgIpc) is 3.17. The molecule has 0 heterocycles. The summed E-state index contributed by atoms with van der Waals surface area (Å²) in [6.07, 6.45) is 4.07. The topological polar surface area (TPSA) is 7.68 Å². The van der Waals surface area contributed by atoms with Crippen LogP contribution in [0.5, 0.6) is 0 Å². The zero-order chi connectivity index (χ0) is 33.8. The molecule has 0 aromatic heterocycles. The fourth-order valence-electron chi connectivity index (χ4n) is 8.11. The predicted octanol–water partition coefficient (Wildman–Crippen LogP) is 12.0. The minimum absolute atomic E-state index is 1.13. The minimum atomic E-state index is 1.13. The van der Waals surface area contributed by atoms with E-state index in [1.165, 1.54) is 81.3 Å². The lowest BCUT2D eigenvalue weighted by Gasteiger charge is -2.26. The molecule has 0 fully saturated rings. The van der Waals surface area contributed by atoms with E-state index in [4.69, 9.17) is 0 Å². The van der Waals surface area contributed by atoms with E-state index in [1.807, 2.05) is 6.08 Å². The molecule has 0 radical (unpaired) electrons. The molecule has 2 nitrogen and oxygen atoms in total. The summed E-state index contributed by atoms with van der Waals surface area (Å²) in [7, 11) is 2.18. The van der Waals surface area contributed by atoms with Crippen LogP contribution in [0.3, 0.4) is 0 Å². The van der Waals surface area contributed by atoms with Crippen LogP contribution in [-0.4, -0.2) is 7.05 Å². The van der Waals surface area contributed by atoms with Crippen LogP contribution in [0.25, 0.3) is 59.6 Å². The van der Waals surface area contributed by atoms with Crippen molar-refractivity contribution < 1.29 is 4.90 Å². The van der Waals surface area contributed by atoms with Gasteiger partial charge in [0.15, 0.2) is 0 Å². The average molecular weight is 642 g/mol. The van der Waals surface area contributed by atoms with Gasteiger partial charge in [-0.25, -0.2) is 4.90 Å². The summed E-state index contributed by atoms with van der Waals surface area (Å²) in [6, 6.07) is 57.7. The molecule has 2 heteroatoms. The van der Waals surface area contributed by atoms with Gasteiger partial charge in [0.2, 0.25) is 0 Å². The van der Waals surface area contributed by atoms with E-state index in [1.54, 1.807) is 0 Å². The van der Waals surface area contributed by atoms with E-state index in [-0.39, 0.29) is 0 Å². The van der Waals surface area contributed by atoms with Gasteiger partial charge >= 0.3 is 0 Å². The molecule has 238 valence electrons. The molecular formula is C48H37N2+. The molecule has 9 rings (SSSR count). The molecule has 0 bridgehead atoms. The molecule has 0 spiro atoms. The van der Waals surface area contributed by atoms with E-state index < -0.39 is 0 Å². The second kappa shape index (κ2) is 12.0. The fourth-order valence-corrected chi connectivity index (χ4v) is 8.11. The predicted molar refractivity (Wildman–Crippen MR) is 216 cm³/mol. The van der Waals surface area contributed by atoms with E-state index >= 15 is 0 Å². The number of hydrogen-bond acceptors (Lipinski definition) is 1.